The van der Waals surface area contributed by atoms with Crippen LogP contribution in [0.2, 0.25) is 0 Å². The molecular weight excluding hydrogens is 304 g/mol. The summed E-state index contributed by atoms with van der Waals surface area (Å²) in [6.45, 7) is 3.73. The van der Waals surface area contributed by atoms with Crippen molar-refractivity contribution in [2.75, 3.05) is 17.2 Å². The second-order valence-electron chi connectivity index (χ2n) is 6.02. The molecule has 1 atom stereocenters. The van der Waals surface area contributed by atoms with E-state index in [9.17, 15) is 9.59 Å². The predicted octanol–water partition coefficient (Wildman–Crippen LogP) is 3.14. The maximum atomic E-state index is 12.5. The van der Waals surface area contributed by atoms with Gasteiger partial charge in [-0.15, -0.1) is 0 Å². The van der Waals surface area contributed by atoms with Gasteiger partial charge in [0.05, 0.1) is 5.92 Å². The number of carbonyl (C=O) groups is 2. The Morgan fingerprint density at radius 2 is 1.92 bits per heavy atom. The smallest absolute Gasteiger partial charge is 0.231 e. The number of benzene rings is 2. The van der Waals surface area contributed by atoms with Crippen LogP contribution in [0.3, 0.4) is 0 Å². The van der Waals surface area contributed by atoms with Gasteiger partial charge in [0.2, 0.25) is 11.8 Å². The van der Waals surface area contributed by atoms with E-state index in [1.165, 1.54) is 6.92 Å². The largest absolute Gasteiger partial charge is 0.492 e. The Morgan fingerprint density at radius 1 is 1.12 bits per heavy atom. The van der Waals surface area contributed by atoms with Crippen LogP contribution in [0.25, 0.3) is 0 Å². The molecule has 2 aromatic carbocycles. The summed E-state index contributed by atoms with van der Waals surface area (Å²) >= 11 is 0. The molecule has 24 heavy (non-hydrogen) atoms. The molecule has 0 aliphatic carbocycles. The number of amides is 2. The van der Waals surface area contributed by atoms with Crippen LogP contribution in [0.5, 0.6) is 5.75 Å². The van der Waals surface area contributed by atoms with Crippen molar-refractivity contribution in [3.05, 3.63) is 53.6 Å². The number of fused-ring (bicyclic) bond motifs is 1. The molecule has 2 N–H and O–H groups in total. The number of carbonyl (C=O) groups excluding carboxylic acids is 2. The van der Waals surface area contributed by atoms with Crippen molar-refractivity contribution in [2.45, 2.75) is 20.3 Å². The van der Waals surface area contributed by atoms with Crippen LogP contribution in [-0.4, -0.2) is 18.4 Å². The van der Waals surface area contributed by atoms with Crippen molar-refractivity contribution in [1.29, 1.82) is 0 Å². The van der Waals surface area contributed by atoms with E-state index >= 15 is 0 Å². The highest BCUT2D eigenvalue weighted by Crippen LogP contribution is 2.28. The fourth-order valence-electron chi connectivity index (χ4n) is 2.76. The van der Waals surface area contributed by atoms with Gasteiger partial charge in [-0.2, -0.15) is 0 Å². The van der Waals surface area contributed by atoms with Gasteiger partial charge in [0.1, 0.15) is 12.4 Å². The molecule has 0 saturated carbocycles. The summed E-state index contributed by atoms with van der Waals surface area (Å²) in [4.78, 5) is 23.8. The van der Waals surface area contributed by atoms with E-state index in [-0.39, 0.29) is 17.7 Å². The first-order chi connectivity index (χ1) is 11.5. The highest BCUT2D eigenvalue weighted by Gasteiger charge is 2.25. The van der Waals surface area contributed by atoms with Crippen molar-refractivity contribution in [3.8, 4) is 5.75 Å². The van der Waals surface area contributed by atoms with Crippen molar-refractivity contribution in [2.24, 2.45) is 5.92 Å². The minimum atomic E-state index is -0.231. The quantitative estimate of drug-likeness (QED) is 0.911. The zero-order valence-electron chi connectivity index (χ0n) is 13.8. The van der Waals surface area contributed by atoms with Crippen molar-refractivity contribution in [1.82, 2.24) is 0 Å². The molecule has 0 saturated heterocycles. The van der Waals surface area contributed by atoms with Gasteiger partial charge in [0, 0.05) is 18.3 Å². The summed E-state index contributed by atoms with van der Waals surface area (Å²) in [7, 11) is 0. The van der Waals surface area contributed by atoms with Gasteiger partial charge >= 0.3 is 0 Å². The Labute approximate surface area is 141 Å². The highest BCUT2D eigenvalue weighted by molar-refractivity contribution is 5.95. The van der Waals surface area contributed by atoms with Crippen LogP contribution in [0, 0.1) is 12.8 Å². The third-order valence-electron chi connectivity index (χ3n) is 4.07. The Kier molecular flexibility index (Phi) is 4.51. The van der Waals surface area contributed by atoms with Gasteiger partial charge in [-0.1, -0.05) is 24.3 Å². The lowest BCUT2D eigenvalue weighted by Gasteiger charge is -2.24. The van der Waals surface area contributed by atoms with Crippen LogP contribution in [0.15, 0.2) is 42.5 Å². The number of hydrogen-bond acceptors (Lipinski definition) is 3. The lowest BCUT2D eigenvalue weighted by atomic mass is 9.96. The monoisotopic (exact) mass is 324 g/mol. The summed E-state index contributed by atoms with van der Waals surface area (Å²) in [6, 6.07) is 13.2. The molecule has 2 aromatic rings. The molecule has 1 unspecified atom stereocenters. The molecule has 0 bridgehead atoms. The molecule has 0 spiro atoms. The average Bonchev–Trinajstić information content (AvgIpc) is 2.57. The fourth-order valence-corrected chi connectivity index (χ4v) is 2.76. The van der Waals surface area contributed by atoms with E-state index in [0.717, 1.165) is 16.9 Å². The van der Waals surface area contributed by atoms with E-state index in [0.29, 0.717) is 24.4 Å². The first-order valence-electron chi connectivity index (χ1n) is 7.93. The van der Waals surface area contributed by atoms with Gasteiger partial charge in [-0.05, 0) is 42.7 Å². The average molecular weight is 324 g/mol. The van der Waals surface area contributed by atoms with Gasteiger partial charge < -0.3 is 15.4 Å². The molecule has 0 aromatic heterocycles. The first-order valence-corrected chi connectivity index (χ1v) is 7.93. The second kappa shape index (κ2) is 6.74. The fraction of sp³-hybridized carbons (Fsp3) is 0.263. The summed E-state index contributed by atoms with van der Waals surface area (Å²) < 4.78 is 5.67. The number of aryl methyl sites for hydroxylation is 1. The maximum Gasteiger partial charge on any atom is 0.231 e. The molecule has 5 heteroatoms. The standard InChI is InChI=1S/C19H20N2O3/c1-12-7-8-16(10-17(12)20-13(2)22)21-19(23)15-9-14-5-3-4-6-18(14)24-11-15/h3-8,10,15H,9,11H2,1-2H3,(H,20,22)(H,21,23). The lowest BCUT2D eigenvalue weighted by molar-refractivity contribution is -0.121. The summed E-state index contributed by atoms with van der Waals surface area (Å²) in [5.41, 5.74) is 3.35. The highest BCUT2D eigenvalue weighted by atomic mass is 16.5. The van der Waals surface area contributed by atoms with Gasteiger partial charge in [0.15, 0.2) is 0 Å². The molecule has 124 valence electrons. The van der Waals surface area contributed by atoms with E-state index in [1.807, 2.05) is 43.3 Å². The number of rotatable bonds is 3. The Morgan fingerprint density at radius 3 is 2.71 bits per heavy atom. The van der Waals surface area contributed by atoms with Crippen LogP contribution in [0.4, 0.5) is 11.4 Å². The Hall–Kier alpha value is -2.82. The SMILES string of the molecule is CC(=O)Nc1cc(NC(=O)C2COc3ccccc3C2)ccc1C. The molecule has 1 heterocycles. The van der Waals surface area contributed by atoms with E-state index in [1.54, 1.807) is 6.07 Å². The molecule has 0 fully saturated rings. The van der Waals surface area contributed by atoms with Crippen molar-refractivity contribution >= 4 is 23.2 Å². The molecular formula is C19H20N2O3. The topological polar surface area (TPSA) is 67.4 Å². The third-order valence-corrected chi connectivity index (χ3v) is 4.07. The molecule has 2 amide bonds. The van der Waals surface area contributed by atoms with Crippen molar-refractivity contribution in [3.63, 3.8) is 0 Å². The van der Waals surface area contributed by atoms with Crippen LogP contribution >= 0.6 is 0 Å². The van der Waals surface area contributed by atoms with Crippen LogP contribution < -0.4 is 15.4 Å². The van der Waals surface area contributed by atoms with Gasteiger partial charge in [-0.25, -0.2) is 0 Å². The van der Waals surface area contributed by atoms with E-state index < -0.39 is 0 Å². The molecule has 1 aliphatic heterocycles. The minimum absolute atomic E-state index is 0.0814. The van der Waals surface area contributed by atoms with Gasteiger partial charge in [-0.3, -0.25) is 9.59 Å². The summed E-state index contributed by atoms with van der Waals surface area (Å²) in [5, 5.41) is 5.68. The number of para-hydroxylation sites is 1. The predicted molar refractivity (Wildman–Crippen MR) is 93.2 cm³/mol. The zero-order valence-corrected chi connectivity index (χ0v) is 13.8. The Balaban J connectivity index is 1.70. The molecule has 3 rings (SSSR count). The number of anilines is 2. The first kappa shape index (κ1) is 16.1. The van der Waals surface area contributed by atoms with Crippen LogP contribution in [0.1, 0.15) is 18.1 Å². The number of ether oxygens (including phenoxy) is 1. The van der Waals surface area contributed by atoms with Crippen LogP contribution in [-0.2, 0) is 16.0 Å². The maximum absolute atomic E-state index is 12.5. The summed E-state index contributed by atoms with van der Waals surface area (Å²) in [5.74, 6) is 0.399. The van der Waals surface area contributed by atoms with E-state index in [4.69, 9.17) is 4.74 Å². The number of hydrogen-bond donors (Lipinski definition) is 2. The Bertz CT molecular complexity index is 786. The third kappa shape index (κ3) is 3.56. The molecule has 5 nitrogen and oxygen atoms in total. The second-order valence-corrected chi connectivity index (χ2v) is 6.02. The van der Waals surface area contributed by atoms with Crippen molar-refractivity contribution < 1.29 is 14.3 Å². The van der Waals surface area contributed by atoms with Gasteiger partial charge in [0.25, 0.3) is 0 Å². The normalized spacial score (nSPS) is 15.8. The lowest BCUT2D eigenvalue weighted by Crippen LogP contribution is -2.32. The molecule has 0 radical (unpaired) electrons. The van der Waals surface area contributed by atoms with E-state index in [2.05, 4.69) is 10.6 Å². The zero-order chi connectivity index (χ0) is 17.1. The summed E-state index contributed by atoms with van der Waals surface area (Å²) in [6.07, 6.45) is 0.659. The molecule has 1 aliphatic rings. The number of nitrogens with one attached hydrogen (secondary N) is 2. The minimum Gasteiger partial charge on any atom is -0.492 e.